The maximum atomic E-state index is 4.90. The van der Waals surface area contributed by atoms with Crippen LogP contribution in [-0.2, 0) is 7.05 Å². The number of likely N-dealkylation sites (tertiary alicyclic amines) is 1. The number of nitrogens with one attached hydrogen (secondary N) is 1. The number of hydrogen-bond acceptors (Lipinski definition) is 2. The van der Waals surface area contributed by atoms with Crippen LogP contribution >= 0.6 is 0 Å². The summed E-state index contributed by atoms with van der Waals surface area (Å²) in [5, 5.41) is 7.80. The van der Waals surface area contributed by atoms with Gasteiger partial charge in [0.15, 0.2) is 5.96 Å². The second-order valence-electron chi connectivity index (χ2n) is 7.41. The first kappa shape index (κ1) is 17.3. The maximum Gasteiger partial charge on any atom is 0.193 e. The molecule has 1 saturated heterocycles. The van der Waals surface area contributed by atoms with Gasteiger partial charge >= 0.3 is 0 Å². The molecule has 0 spiro atoms. The third-order valence-corrected chi connectivity index (χ3v) is 5.53. The SMILES string of the molecule is CCNC(=NCCCC1CCCC1)N1CCC(c2cnn(C)c2)C1. The molecule has 1 unspecified atom stereocenters. The van der Waals surface area contributed by atoms with E-state index in [0.717, 1.165) is 38.1 Å². The van der Waals surface area contributed by atoms with Crippen molar-refractivity contribution in [3.63, 3.8) is 0 Å². The van der Waals surface area contributed by atoms with Gasteiger partial charge in [-0.05, 0) is 37.7 Å². The van der Waals surface area contributed by atoms with Crippen LogP contribution in [0.3, 0.4) is 0 Å². The van der Waals surface area contributed by atoms with Crippen molar-refractivity contribution in [3.05, 3.63) is 18.0 Å². The van der Waals surface area contributed by atoms with E-state index in [2.05, 4.69) is 28.4 Å². The number of aromatic nitrogens is 2. The predicted octanol–water partition coefficient (Wildman–Crippen LogP) is 3.15. The molecule has 0 amide bonds. The number of guanidine groups is 1. The summed E-state index contributed by atoms with van der Waals surface area (Å²) in [5.74, 6) is 2.67. The fourth-order valence-electron chi connectivity index (χ4n) is 4.17. The summed E-state index contributed by atoms with van der Waals surface area (Å²) in [5.41, 5.74) is 1.36. The van der Waals surface area contributed by atoms with Crippen molar-refractivity contribution in [2.75, 3.05) is 26.2 Å². The summed E-state index contributed by atoms with van der Waals surface area (Å²) < 4.78 is 1.90. The molecule has 0 radical (unpaired) electrons. The maximum absolute atomic E-state index is 4.90. The molecular formula is C19H33N5. The molecule has 2 fully saturated rings. The number of hydrogen-bond donors (Lipinski definition) is 1. The molecule has 134 valence electrons. The van der Waals surface area contributed by atoms with Crippen molar-refractivity contribution in [1.29, 1.82) is 0 Å². The van der Waals surface area contributed by atoms with E-state index in [4.69, 9.17) is 4.99 Å². The predicted molar refractivity (Wildman–Crippen MR) is 99.3 cm³/mol. The first-order valence-electron chi connectivity index (χ1n) is 9.78. The topological polar surface area (TPSA) is 45.5 Å². The van der Waals surface area contributed by atoms with Gasteiger partial charge in [0.1, 0.15) is 0 Å². The molecule has 3 rings (SSSR count). The van der Waals surface area contributed by atoms with Crippen LogP contribution in [0, 0.1) is 5.92 Å². The second kappa shape index (κ2) is 8.54. The van der Waals surface area contributed by atoms with Crippen LogP contribution in [0.15, 0.2) is 17.4 Å². The van der Waals surface area contributed by atoms with Gasteiger partial charge in [-0.1, -0.05) is 25.7 Å². The molecule has 0 bridgehead atoms. The van der Waals surface area contributed by atoms with E-state index >= 15 is 0 Å². The minimum Gasteiger partial charge on any atom is -0.357 e. The Morgan fingerprint density at radius 2 is 2.17 bits per heavy atom. The van der Waals surface area contributed by atoms with Crippen molar-refractivity contribution in [1.82, 2.24) is 20.0 Å². The third-order valence-electron chi connectivity index (χ3n) is 5.53. The van der Waals surface area contributed by atoms with E-state index < -0.39 is 0 Å². The van der Waals surface area contributed by atoms with E-state index in [1.54, 1.807) is 0 Å². The van der Waals surface area contributed by atoms with E-state index in [9.17, 15) is 0 Å². The summed E-state index contributed by atoms with van der Waals surface area (Å²) in [6.45, 7) is 6.21. The summed E-state index contributed by atoms with van der Waals surface area (Å²) >= 11 is 0. The van der Waals surface area contributed by atoms with Gasteiger partial charge in [0, 0.05) is 45.3 Å². The quantitative estimate of drug-likeness (QED) is 0.495. The first-order chi connectivity index (χ1) is 11.8. The second-order valence-corrected chi connectivity index (χ2v) is 7.41. The van der Waals surface area contributed by atoms with Crippen LogP contribution in [0.1, 0.15) is 63.4 Å². The average molecular weight is 332 g/mol. The minimum absolute atomic E-state index is 0.584. The zero-order valence-electron chi connectivity index (χ0n) is 15.4. The lowest BCUT2D eigenvalue weighted by Crippen LogP contribution is -2.40. The highest BCUT2D eigenvalue weighted by Crippen LogP contribution is 2.29. The zero-order chi connectivity index (χ0) is 16.8. The summed E-state index contributed by atoms with van der Waals surface area (Å²) in [7, 11) is 1.99. The highest BCUT2D eigenvalue weighted by molar-refractivity contribution is 5.80. The molecule has 1 atom stereocenters. The molecule has 1 aliphatic carbocycles. The number of rotatable bonds is 6. The standard InChI is InChI=1S/C19H33N5/c1-3-20-19(21-11-6-9-16-7-4-5-8-16)24-12-10-17(15-24)18-13-22-23(2)14-18/h13-14,16-17H,3-12,15H2,1-2H3,(H,20,21). The number of aryl methyl sites for hydroxylation is 1. The van der Waals surface area contributed by atoms with E-state index in [0.29, 0.717) is 5.92 Å². The largest absolute Gasteiger partial charge is 0.357 e. The Labute approximate surface area is 146 Å². The highest BCUT2D eigenvalue weighted by atomic mass is 15.3. The van der Waals surface area contributed by atoms with Gasteiger partial charge in [-0.2, -0.15) is 5.10 Å². The molecule has 2 aliphatic rings. The van der Waals surface area contributed by atoms with Crippen LogP contribution in [0.5, 0.6) is 0 Å². The van der Waals surface area contributed by atoms with Gasteiger partial charge in [0.25, 0.3) is 0 Å². The molecule has 1 aliphatic heterocycles. The van der Waals surface area contributed by atoms with Gasteiger partial charge in [-0.15, -0.1) is 0 Å². The van der Waals surface area contributed by atoms with Crippen LogP contribution in [0.2, 0.25) is 0 Å². The minimum atomic E-state index is 0.584. The lowest BCUT2D eigenvalue weighted by molar-refractivity contribution is 0.473. The molecule has 5 heteroatoms. The van der Waals surface area contributed by atoms with Gasteiger partial charge < -0.3 is 10.2 Å². The van der Waals surface area contributed by atoms with Crippen LogP contribution in [0.25, 0.3) is 0 Å². The molecule has 1 saturated carbocycles. The first-order valence-corrected chi connectivity index (χ1v) is 9.78. The Balaban J connectivity index is 1.50. The van der Waals surface area contributed by atoms with Crippen molar-refractivity contribution in [2.24, 2.45) is 18.0 Å². The van der Waals surface area contributed by atoms with Crippen molar-refractivity contribution < 1.29 is 0 Å². The summed E-state index contributed by atoms with van der Waals surface area (Å²) in [6.07, 6.45) is 13.7. The van der Waals surface area contributed by atoms with Crippen LogP contribution in [-0.4, -0.2) is 46.8 Å². The molecule has 1 aromatic rings. The molecular weight excluding hydrogens is 298 g/mol. The molecule has 24 heavy (non-hydrogen) atoms. The van der Waals surface area contributed by atoms with Gasteiger partial charge in [-0.25, -0.2) is 0 Å². The summed E-state index contributed by atoms with van der Waals surface area (Å²) in [6, 6.07) is 0. The van der Waals surface area contributed by atoms with Gasteiger partial charge in [0.05, 0.1) is 6.20 Å². The van der Waals surface area contributed by atoms with Crippen molar-refractivity contribution >= 4 is 5.96 Å². The van der Waals surface area contributed by atoms with E-state index in [-0.39, 0.29) is 0 Å². The van der Waals surface area contributed by atoms with Crippen molar-refractivity contribution in [2.45, 2.75) is 57.8 Å². The average Bonchev–Trinajstić information content (AvgIpc) is 3.31. The van der Waals surface area contributed by atoms with E-state index in [1.165, 1.54) is 50.5 Å². The monoisotopic (exact) mass is 331 g/mol. The van der Waals surface area contributed by atoms with Crippen LogP contribution in [0.4, 0.5) is 0 Å². The third kappa shape index (κ3) is 4.52. The fraction of sp³-hybridized carbons (Fsp3) is 0.789. The molecule has 1 N–H and O–H groups in total. The lowest BCUT2D eigenvalue weighted by Gasteiger charge is -2.21. The molecule has 2 heterocycles. The highest BCUT2D eigenvalue weighted by Gasteiger charge is 2.26. The lowest BCUT2D eigenvalue weighted by atomic mass is 10.0. The Morgan fingerprint density at radius 1 is 1.33 bits per heavy atom. The molecule has 0 aromatic carbocycles. The number of aliphatic imine (C=N–C) groups is 1. The fourth-order valence-corrected chi connectivity index (χ4v) is 4.17. The number of nitrogens with zero attached hydrogens (tertiary/aromatic N) is 4. The Kier molecular flexibility index (Phi) is 6.16. The van der Waals surface area contributed by atoms with Crippen molar-refractivity contribution in [3.8, 4) is 0 Å². The molecule has 5 nitrogen and oxygen atoms in total. The Bertz CT molecular complexity index is 530. The summed E-state index contributed by atoms with van der Waals surface area (Å²) in [4.78, 5) is 7.33. The van der Waals surface area contributed by atoms with Gasteiger partial charge in [0.2, 0.25) is 0 Å². The smallest absolute Gasteiger partial charge is 0.193 e. The Morgan fingerprint density at radius 3 is 2.88 bits per heavy atom. The normalized spacial score (nSPS) is 22.5. The molecule has 1 aromatic heterocycles. The van der Waals surface area contributed by atoms with Gasteiger partial charge in [-0.3, -0.25) is 9.67 Å². The van der Waals surface area contributed by atoms with E-state index in [1.807, 2.05) is 17.9 Å². The Hall–Kier alpha value is -1.52. The van der Waals surface area contributed by atoms with Crippen LogP contribution < -0.4 is 5.32 Å². The zero-order valence-corrected chi connectivity index (χ0v) is 15.4.